The van der Waals surface area contributed by atoms with Crippen LogP contribution in [-0.2, 0) is 0 Å². The van der Waals surface area contributed by atoms with Gasteiger partial charge in [0.15, 0.2) is 0 Å². The molecule has 0 aliphatic heterocycles. The van der Waals surface area contributed by atoms with Crippen LogP contribution in [0.15, 0.2) is 40.4 Å². The van der Waals surface area contributed by atoms with Crippen molar-refractivity contribution >= 4 is 16.3 Å². The lowest BCUT2D eigenvalue weighted by Gasteiger charge is -2.40. The average molecular weight is 285 g/mol. The van der Waals surface area contributed by atoms with Crippen LogP contribution >= 0.6 is 10.2 Å². The van der Waals surface area contributed by atoms with Gasteiger partial charge in [-0.25, -0.2) is 0 Å². The number of nitrogens with zero attached hydrogens (tertiary/aromatic N) is 3. The second-order valence-electron chi connectivity index (χ2n) is 3.36. The van der Waals surface area contributed by atoms with Gasteiger partial charge < -0.3 is 0 Å². The van der Waals surface area contributed by atoms with E-state index in [1.165, 1.54) is 18.2 Å². The summed E-state index contributed by atoms with van der Waals surface area (Å²) in [5, 5.41) is 3.12. The van der Waals surface area contributed by atoms with E-state index in [9.17, 15) is 19.4 Å². The van der Waals surface area contributed by atoms with Gasteiger partial charge in [0.2, 0.25) is 0 Å². The summed E-state index contributed by atoms with van der Waals surface area (Å²) >= 11 is 0. The third kappa shape index (κ3) is 4.27. The molecular formula is C9H8F5N3S. The molecule has 18 heavy (non-hydrogen) atoms. The van der Waals surface area contributed by atoms with E-state index in [4.69, 9.17) is 5.53 Å². The van der Waals surface area contributed by atoms with Crippen LogP contribution in [0.2, 0.25) is 0 Å². The number of benzene rings is 1. The van der Waals surface area contributed by atoms with Crippen molar-refractivity contribution in [1.29, 1.82) is 0 Å². The first kappa shape index (κ1) is 14.3. The average Bonchev–Trinajstić information content (AvgIpc) is 2.22. The van der Waals surface area contributed by atoms with Gasteiger partial charge in [-0.15, -0.1) is 0 Å². The molecule has 100 valence electrons. The number of rotatable bonds is 4. The van der Waals surface area contributed by atoms with Crippen LogP contribution < -0.4 is 0 Å². The van der Waals surface area contributed by atoms with Crippen molar-refractivity contribution in [2.45, 2.75) is 4.90 Å². The predicted octanol–water partition coefficient (Wildman–Crippen LogP) is 5.67. The van der Waals surface area contributed by atoms with Crippen molar-refractivity contribution in [2.24, 2.45) is 5.11 Å². The molecule has 0 saturated heterocycles. The maximum atomic E-state index is 12.5. The molecule has 0 saturated carbocycles. The van der Waals surface area contributed by atoms with Crippen LogP contribution in [0, 0.1) is 0 Å². The largest absolute Gasteiger partial charge is 0.310 e. The minimum absolute atomic E-state index is 0.0473. The van der Waals surface area contributed by atoms with Crippen molar-refractivity contribution in [2.75, 3.05) is 6.54 Å². The predicted molar refractivity (Wildman–Crippen MR) is 60.9 cm³/mol. The Bertz CT molecular complexity index is 530. The van der Waals surface area contributed by atoms with E-state index < -0.39 is 15.1 Å². The van der Waals surface area contributed by atoms with Crippen molar-refractivity contribution in [3.63, 3.8) is 0 Å². The van der Waals surface area contributed by atoms with E-state index in [1.807, 2.05) is 0 Å². The molecule has 0 amide bonds. The van der Waals surface area contributed by atoms with Crippen molar-refractivity contribution in [3.8, 4) is 0 Å². The summed E-state index contributed by atoms with van der Waals surface area (Å²) in [6.45, 7) is -0.0723. The zero-order valence-corrected chi connectivity index (χ0v) is 9.63. The van der Waals surface area contributed by atoms with E-state index >= 15 is 0 Å². The highest BCUT2D eigenvalue weighted by Gasteiger charge is 2.65. The fourth-order valence-electron chi connectivity index (χ4n) is 1.13. The van der Waals surface area contributed by atoms with Crippen LogP contribution in [0.25, 0.3) is 16.5 Å². The lowest BCUT2D eigenvalue weighted by Crippen LogP contribution is -2.05. The second kappa shape index (κ2) is 3.89. The fourth-order valence-corrected chi connectivity index (χ4v) is 1.83. The van der Waals surface area contributed by atoms with Gasteiger partial charge in [0.05, 0.1) is 0 Å². The maximum Gasteiger partial charge on any atom is 0.310 e. The van der Waals surface area contributed by atoms with Crippen LogP contribution in [0.1, 0.15) is 5.56 Å². The van der Waals surface area contributed by atoms with Crippen LogP contribution in [0.3, 0.4) is 0 Å². The molecule has 0 aromatic heterocycles. The van der Waals surface area contributed by atoms with Gasteiger partial charge in [-0.2, -0.15) is 0 Å². The summed E-state index contributed by atoms with van der Waals surface area (Å²) in [6.07, 6.45) is 2.44. The highest BCUT2D eigenvalue weighted by atomic mass is 32.5. The highest BCUT2D eigenvalue weighted by molar-refractivity contribution is 8.45. The molecule has 0 aliphatic carbocycles. The Morgan fingerprint density at radius 2 is 1.89 bits per heavy atom. The summed E-state index contributed by atoms with van der Waals surface area (Å²) in [7, 11) is -9.64. The third-order valence-corrected chi connectivity index (χ3v) is 3.01. The molecule has 1 aromatic rings. The smallest absolute Gasteiger partial charge is 0.0936 e. The van der Waals surface area contributed by atoms with Gasteiger partial charge in [0, 0.05) is 11.5 Å². The van der Waals surface area contributed by atoms with Crippen LogP contribution in [0.4, 0.5) is 19.4 Å². The molecule has 0 aliphatic rings. The van der Waals surface area contributed by atoms with E-state index in [1.54, 1.807) is 0 Å². The van der Waals surface area contributed by atoms with Gasteiger partial charge in [-0.3, -0.25) is 0 Å². The molecule has 0 radical (unpaired) electrons. The molecule has 0 heterocycles. The summed E-state index contributed by atoms with van der Waals surface area (Å²) in [5.41, 5.74) is 7.92. The van der Waals surface area contributed by atoms with Gasteiger partial charge in [-0.05, 0) is 23.2 Å². The fraction of sp³-hybridized carbons (Fsp3) is 0.111. The Labute approximate surface area is 99.3 Å². The second-order valence-corrected chi connectivity index (χ2v) is 5.77. The topological polar surface area (TPSA) is 48.8 Å². The van der Waals surface area contributed by atoms with Gasteiger partial charge in [-0.1, -0.05) is 48.8 Å². The Morgan fingerprint density at radius 1 is 1.22 bits per heavy atom. The van der Waals surface area contributed by atoms with Gasteiger partial charge in [0.1, 0.15) is 4.90 Å². The summed E-state index contributed by atoms with van der Waals surface area (Å²) < 4.78 is 62.4. The van der Waals surface area contributed by atoms with Crippen molar-refractivity contribution < 1.29 is 19.4 Å². The molecule has 3 nitrogen and oxygen atoms in total. The molecule has 0 spiro atoms. The standard InChI is InChI=1S/C9H8F5N3S/c10-18(11,12,13,14)9-5-1-3-8(7-9)4-2-6-16-17-15/h1-5,7H,6H2. The quantitative estimate of drug-likeness (QED) is 0.296. The number of hydrogen-bond donors (Lipinski definition) is 0. The Hall–Kier alpha value is -1.73. The third-order valence-electron chi connectivity index (χ3n) is 1.86. The summed E-state index contributed by atoms with van der Waals surface area (Å²) in [4.78, 5) is 0.482. The molecule has 0 unspecified atom stereocenters. The first-order valence-electron chi connectivity index (χ1n) is 4.54. The highest BCUT2D eigenvalue weighted by Crippen LogP contribution is 3.02. The minimum Gasteiger partial charge on any atom is -0.0936 e. The molecule has 0 bridgehead atoms. The first-order chi connectivity index (χ1) is 8.03. The van der Waals surface area contributed by atoms with Crippen molar-refractivity contribution in [1.82, 2.24) is 0 Å². The SMILES string of the molecule is [N-]=[N+]=NCC=Cc1cccc(S(F)(F)(F)(F)F)c1. The molecule has 0 atom stereocenters. The minimum atomic E-state index is -9.64. The van der Waals surface area contributed by atoms with Crippen LogP contribution in [-0.4, -0.2) is 6.54 Å². The zero-order chi connectivity index (χ0) is 13.9. The number of azide groups is 1. The Morgan fingerprint density at radius 3 is 2.44 bits per heavy atom. The first-order valence-corrected chi connectivity index (χ1v) is 6.49. The molecule has 9 heteroatoms. The molecule has 0 fully saturated rings. The summed E-state index contributed by atoms with van der Waals surface area (Å²) in [6, 6.07) is 2.81. The summed E-state index contributed by atoms with van der Waals surface area (Å²) in [5.74, 6) is 0. The lowest BCUT2D eigenvalue weighted by atomic mass is 10.2. The lowest BCUT2D eigenvalue weighted by molar-refractivity contribution is 0.364. The monoisotopic (exact) mass is 285 g/mol. The number of halogens is 5. The number of hydrogen-bond acceptors (Lipinski definition) is 1. The van der Waals surface area contributed by atoms with E-state index in [-0.39, 0.29) is 12.1 Å². The zero-order valence-electron chi connectivity index (χ0n) is 8.81. The van der Waals surface area contributed by atoms with E-state index in [2.05, 4.69) is 10.0 Å². The van der Waals surface area contributed by atoms with Crippen molar-refractivity contribution in [3.05, 3.63) is 46.3 Å². The van der Waals surface area contributed by atoms with E-state index in [0.717, 1.165) is 6.07 Å². The maximum absolute atomic E-state index is 12.5. The van der Waals surface area contributed by atoms with E-state index in [0.29, 0.717) is 12.1 Å². The van der Waals surface area contributed by atoms with Gasteiger partial charge in [0.25, 0.3) is 0 Å². The molecular weight excluding hydrogens is 277 g/mol. The molecule has 0 N–H and O–H groups in total. The normalized spacial score (nSPS) is 15.8. The molecule has 1 aromatic carbocycles. The van der Waals surface area contributed by atoms with Crippen LogP contribution in [0.5, 0.6) is 0 Å². The molecule has 1 rings (SSSR count). The Kier molecular flexibility index (Phi) is 3.10. The Balaban J connectivity index is 3.09. The van der Waals surface area contributed by atoms with Gasteiger partial charge >= 0.3 is 10.2 Å².